The van der Waals surface area contributed by atoms with Gasteiger partial charge in [-0.05, 0) is 25.5 Å². The molecule has 0 aliphatic carbocycles. The van der Waals surface area contributed by atoms with Gasteiger partial charge in [-0.15, -0.1) is 0 Å². The van der Waals surface area contributed by atoms with E-state index in [0.717, 1.165) is 5.75 Å². The predicted molar refractivity (Wildman–Crippen MR) is 83.1 cm³/mol. The van der Waals surface area contributed by atoms with Crippen molar-refractivity contribution in [1.82, 2.24) is 0 Å². The predicted octanol–water partition coefficient (Wildman–Crippen LogP) is 4.13. The van der Waals surface area contributed by atoms with Crippen molar-refractivity contribution in [3.8, 4) is 11.5 Å². The molecule has 0 heterocycles. The van der Waals surface area contributed by atoms with Crippen LogP contribution in [0.3, 0.4) is 0 Å². The first-order valence-electron chi connectivity index (χ1n) is 7.23. The van der Waals surface area contributed by atoms with Crippen LogP contribution >= 0.6 is 0 Å². The van der Waals surface area contributed by atoms with Crippen molar-refractivity contribution < 1.29 is 14.3 Å². The lowest BCUT2D eigenvalue weighted by molar-refractivity contribution is 0.0786. The Balaban J connectivity index is 2.12. The number of hydrogen-bond donors (Lipinski definition) is 0. The number of benzene rings is 2. The molecule has 0 fully saturated rings. The molecule has 0 spiro atoms. The molecule has 2 aromatic carbocycles. The summed E-state index contributed by atoms with van der Waals surface area (Å²) in [6.45, 7) is 4.48. The number of ketones is 1. The Morgan fingerprint density at radius 1 is 1.00 bits per heavy atom. The Morgan fingerprint density at radius 2 is 1.71 bits per heavy atom. The van der Waals surface area contributed by atoms with E-state index < -0.39 is 6.10 Å². The molecule has 2 aromatic rings. The molecular formula is C18H20O3. The molecule has 0 radical (unpaired) electrons. The Bertz CT molecular complexity index is 578. The van der Waals surface area contributed by atoms with E-state index in [9.17, 15) is 4.79 Å². The summed E-state index contributed by atoms with van der Waals surface area (Å²) in [6, 6.07) is 16.6. The summed E-state index contributed by atoms with van der Waals surface area (Å²) in [7, 11) is 0. The van der Waals surface area contributed by atoms with Gasteiger partial charge in [-0.25, -0.2) is 0 Å². The SMILES string of the molecule is CCOc1cccc(OC(CC)C(=O)c2ccccc2)c1. The first-order valence-corrected chi connectivity index (χ1v) is 7.23. The van der Waals surface area contributed by atoms with Gasteiger partial charge in [0.1, 0.15) is 11.5 Å². The van der Waals surface area contributed by atoms with Crippen molar-refractivity contribution in [2.45, 2.75) is 26.4 Å². The van der Waals surface area contributed by atoms with Gasteiger partial charge in [-0.1, -0.05) is 43.3 Å². The lowest BCUT2D eigenvalue weighted by Gasteiger charge is -2.17. The molecule has 0 saturated carbocycles. The average molecular weight is 284 g/mol. The van der Waals surface area contributed by atoms with Gasteiger partial charge in [0.05, 0.1) is 6.61 Å². The molecular weight excluding hydrogens is 264 g/mol. The monoisotopic (exact) mass is 284 g/mol. The van der Waals surface area contributed by atoms with Crippen LogP contribution in [0.15, 0.2) is 54.6 Å². The molecule has 0 saturated heterocycles. The van der Waals surface area contributed by atoms with Gasteiger partial charge in [-0.2, -0.15) is 0 Å². The first-order chi connectivity index (χ1) is 10.2. The topological polar surface area (TPSA) is 35.5 Å². The van der Waals surface area contributed by atoms with E-state index in [1.807, 2.05) is 68.4 Å². The van der Waals surface area contributed by atoms with E-state index in [1.54, 1.807) is 0 Å². The third-order valence-electron chi connectivity index (χ3n) is 3.12. The van der Waals surface area contributed by atoms with E-state index in [2.05, 4.69) is 0 Å². The molecule has 0 aliphatic heterocycles. The smallest absolute Gasteiger partial charge is 0.203 e. The molecule has 1 unspecified atom stereocenters. The summed E-state index contributed by atoms with van der Waals surface area (Å²) >= 11 is 0. The fraction of sp³-hybridized carbons (Fsp3) is 0.278. The molecule has 3 heteroatoms. The summed E-state index contributed by atoms with van der Waals surface area (Å²) < 4.78 is 11.3. The number of carbonyl (C=O) groups is 1. The summed E-state index contributed by atoms with van der Waals surface area (Å²) in [5.41, 5.74) is 0.672. The normalized spacial score (nSPS) is 11.7. The van der Waals surface area contributed by atoms with Crippen LogP contribution < -0.4 is 9.47 Å². The van der Waals surface area contributed by atoms with E-state index in [0.29, 0.717) is 24.3 Å². The second-order valence-corrected chi connectivity index (χ2v) is 4.65. The minimum Gasteiger partial charge on any atom is -0.494 e. The van der Waals surface area contributed by atoms with Crippen LogP contribution in [0.25, 0.3) is 0 Å². The summed E-state index contributed by atoms with van der Waals surface area (Å²) in [5.74, 6) is 1.40. The number of ether oxygens (including phenoxy) is 2. The summed E-state index contributed by atoms with van der Waals surface area (Å²) in [5, 5.41) is 0. The molecule has 0 aromatic heterocycles. The van der Waals surface area contributed by atoms with Crippen molar-refractivity contribution in [2.75, 3.05) is 6.61 Å². The van der Waals surface area contributed by atoms with Gasteiger partial charge in [-0.3, -0.25) is 4.79 Å². The number of rotatable bonds is 7. The minimum atomic E-state index is -0.482. The highest BCUT2D eigenvalue weighted by Crippen LogP contribution is 2.22. The maximum atomic E-state index is 12.4. The Labute approximate surface area is 125 Å². The fourth-order valence-corrected chi connectivity index (χ4v) is 2.08. The van der Waals surface area contributed by atoms with Gasteiger partial charge < -0.3 is 9.47 Å². The third-order valence-corrected chi connectivity index (χ3v) is 3.12. The molecule has 0 N–H and O–H groups in total. The Kier molecular flexibility index (Phi) is 5.38. The van der Waals surface area contributed by atoms with E-state index in [4.69, 9.17) is 9.47 Å². The second kappa shape index (κ2) is 7.48. The molecule has 0 aliphatic rings. The van der Waals surface area contributed by atoms with Crippen molar-refractivity contribution in [2.24, 2.45) is 0 Å². The third kappa shape index (κ3) is 4.09. The molecule has 1 atom stereocenters. The lowest BCUT2D eigenvalue weighted by Crippen LogP contribution is -2.26. The van der Waals surface area contributed by atoms with Crippen LogP contribution in [0.4, 0.5) is 0 Å². The maximum Gasteiger partial charge on any atom is 0.203 e. The van der Waals surface area contributed by atoms with E-state index >= 15 is 0 Å². The van der Waals surface area contributed by atoms with E-state index in [-0.39, 0.29) is 5.78 Å². The average Bonchev–Trinajstić information content (AvgIpc) is 2.53. The second-order valence-electron chi connectivity index (χ2n) is 4.65. The van der Waals surface area contributed by atoms with Crippen LogP contribution in [0.5, 0.6) is 11.5 Å². The summed E-state index contributed by atoms with van der Waals surface area (Å²) in [6.07, 6.45) is 0.135. The van der Waals surface area contributed by atoms with Gasteiger partial charge in [0.25, 0.3) is 0 Å². The molecule has 3 nitrogen and oxygen atoms in total. The van der Waals surface area contributed by atoms with Crippen molar-refractivity contribution in [1.29, 1.82) is 0 Å². The largest absolute Gasteiger partial charge is 0.494 e. The zero-order valence-corrected chi connectivity index (χ0v) is 12.4. The Hall–Kier alpha value is -2.29. The molecule has 0 amide bonds. The fourth-order valence-electron chi connectivity index (χ4n) is 2.08. The number of carbonyl (C=O) groups excluding carboxylic acids is 1. The van der Waals surface area contributed by atoms with E-state index in [1.165, 1.54) is 0 Å². The van der Waals surface area contributed by atoms with Crippen LogP contribution in [0, 0.1) is 0 Å². The van der Waals surface area contributed by atoms with Gasteiger partial charge >= 0.3 is 0 Å². The molecule has 21 heavy (non-hydrogen) atoms. The molecule has 0 bridgehead atoms. The highest BCUT2D eigenvalue weighted by molar-refractivity contribution is 5.99. The summed E-state index contributed by atoms with van der Waals surface area (Å²) in [4.78, 5) is 12.4. The van der Waals surface area contributed by atoms with Crippen molar-refractivity contribution >= 4 is 5.78 Å². The van der Waals surface area contributed by atoms with Crippen molar-refractivity contribution in [3.63, 3.8) is 0 Å². The van der Waals surface area contributed by atoms with Crippen molar-refractivity contribution in [3.05, 3.63) is 60.2 Å². The zero-order valence-electron chi connectivity index (χ0n) is 12.4. The number of hydrogen-bond acceptors (Lipinski definition) is 3. The molecule has 110 valence electrons. The van der Waals surface area contributed by atoms with Gasteiger partial charge in [0.15, 0.2) is 6.10 Å². The lowest BCUT2D eigenvalue weighted by atomic mass is 10.0. The van der Waals surface area contributed by atoms with Gasteiger partial charge in [0, 0.05) is 11.6 Å². The quantitative estimate of drug-likeness (QED) is 0.717. The maximum absolute atomic E-state index is 12.4. The number of Topliss-reactive ketones (excluding diaryl/α,β-unsaturated/α-hetero) is 1. The highest BCUT2D eigenvalue weighted by atomic mass is 16.5. The Morgan fingerprint density at radius 3 is 2.38 bits per heavy atom. The first kappa shape index (κ1) is 15.1. The van der Waals surface area contributed by atoms with Gasteiger partial charge in [0.2, 0.25) is 5.78 Å². The highest BCUT2D eigenvalue weighted by Gasteiger charge is 2.20. The minimum absolute atomic E-state index is 0.0000806. The van der Waals surface area contributed by atoms with Crippen LogP contribution in [0.1, 0.15) is 30.6 Å². The zero-order chi connectivity index (χ0) is 15.1. The van der Waals surface area contributed by atoms with Crippen LogP contribution in [-0.2, 0) is 0 Å². The van der Waals surface area contributed by atoms with Crippen LogP contribution in [-0.4, -0.2) is 18.5 Å². The standard InChI is InChI=1S/C18H20O3/c1-3-17(18(19)14-9-6-5-7-10-14)21-16-12-8-11-15(13-16)20-4-2/h5-13,17H,3-4H2,1-2H3. The molecule has 2 rings (SSSR count). The van der Waals surface area contributed by atoms with Crippen LogP contribution in [0.2, 0.25) is 0 Å².